The summed E-state index contributed by atoms with van der Waals surface area (Å²) >= 11 is 0. The van der Waals surface area contributed by atoms with Gasteiger partial charge in [-0.2, -0.15) is 0 Å². The van der Waals surface area contributed by atoms with E-state index >= 15 is 0 Å². The smallest absolute Gasteiger partial charge is 0.238 e. The third-order valence-electron chi connectivity index (χ3n) is 5.05. The maximum absolute atomic E-state index is 13.2. The summed E-state index contributed by atoms with van der Waals surface area (Å²) in [4.78, 5) is 14.8. The van der Waals surface area contributed by atoms with E-state index in [4.69, 9.17) is 4.74 Å². The molecule has 4 rings (SSSR count). The Hall–Kier alpha value is -3.02. The first-order valence-corrected chi connectivity index (χ1v) is 9.73. The number of amides is 1. The maximum atomic E-state index is 13.2. The molecule has 4 nitrogen and oxygen atoms in total. The van der Waals surface area contributed by atoms with Crippen molar-refractivity contribution in [3.05, 3.63) is 90.2 Å². The van der Waals surface area contributed by atoms with Gasteiger partial charge in [-0.15, -0.1) is 0 Å². The van der Waals surface area contributed by atoms with Crippen LogP contribution in [0.3, 0.4) is 0 Å². The molecule has 148 valence electrons. The molecule has 0 radical (unpaired) electrons. The predicted octanol–water partition coefficient (Wildman–Crippen LogP) is 4.50. The lowest BCUT2D eigenvalue weighted by atomic mass is 10.0. The summed E-state index contributed by atoms with van der Waals surface area (Å²) in [6.07, 6.45) is -0.159. The average molecular weight is 390 g/mol. The van der Waals surface area contributed by atoms with E-state index in [1.807, 2.05) is 54.6 Å². The highest BCUT2D eigenvalue weighted by molar-refractivity contribution is 5.96. The molecule has 0 saturated carbocycles. The lowest BCUT2D eigenvalue weighted by molar-refractivity contribution is -0.119. The van der Waals surface area contributed by atoms with Crippen molar-refractivity contribution in [3.8, 4) is 11.1 Å². The van der Waals surface area contributed by atoms with Crippen molar-refractivity contribution in [3.63, 3.8) is 0 Å². The third kappa shape index (κ3) is 4.88. The lowest BCUT2D eigenvalue weighted by Gasteiger charge is -2.32. The molecule has 0 bridgehead atoms. The molecule has 3 aromatic carbocycles. The molecule has 3 aromatic rings. The van der Waals surface area contributed by atoms with Crippen LogP contribution in [0, 0.1) is 5.82 Å². The van der Waals surface area contributed by atoms with E-state index in [2.05, 4.69) is 10.2 Å². The summed E-state index contributed by atoms with van der Waals surface area (Å²) in [7, 11) is 0. The van der Waals surface area contributed by atoms with Crippen LogP contribution >= 0.6 is 0 Å². The monoisotopic (exact) mass is 390 g/mol. The molecule has 0 spiro atoms. The van der Waals surface area contributed by atoms with E-state index < -0.39 is 0 Å². The topological polar surface area (TPSA) is 41.6 Å². The van der Waals surface area contributed by atoms with Crippen LogP contribution in [0.15, 0.2) is 78.9 Å². The van der Waals surface area contributed by atoms with Gasteiger partial charge in [0.05, 0.1) is 19.3 Å². The van der Waals surface area contributed by atoms with Crippen LogP contribution in [0.5, 0.6) is 0 Å². The van der Waals surface area contributed by atoms with E-state index in [9.17, 15) is 9.18 Å². The van der Waals surface area contributed by atoms with Crippen LogP contribution in [0.4, 0.5) is 10.1 Å². The van der Waals surface area contributed by atoms with Crippen LogP contribution in [-0.4, -0.2) is 37.0 Å². The number of ether oxygens (including phenoxy) is 1. The quantitative estimate of drug-likeness (QED) is 0.697. The van der Waals surface area contributed by atoms with Gasteiger partial charge in [-0.1, -0.05) is 60.7 Å². The van der Waals surface area contributed by atoms with Gasteiger partial charge >= 0.3 is 0 Å². The van der Waals surface area contributed by atoms with Crippen LogP contribution in [0.25, 0.3) is 11.1 Å². The number of rotatable bonds is 5. The summed E-state index contributed by atoms with van der Waals surface area (Å²) in [6, 6.07) is 24.1. The fourth-order valence-corrected chi connectivity index (χ4v) is 3.58. The van der Waals surface area contributed by atoms with Crippen molar-refractivity contribution in [1.82, 2.24) is 4.90 Å². The van der Waals surface area contributed by atoms with E-state index in [1.165, 1.54) is 12.1 Å². The molecule has 1 atom stereocenters. The molecular formula is C24H23FN2O2. The van der Waals surface area contributed by atoms with Crippen LogP contribution in [-0.2, 0) is 9.53 Å². The molecule has 29 heavy (non-hydrogen) atoms. The fourth-order valence-electron chi connectivity index (χ4n) is 3.58. The third-order valence-corrected chi connectivity index (χ3v) is 5.05. The number of hydrogen-bond donors (Lipinski definition) is 1. The Morgan fingerprint density at radius 3 is 2.52 bits per heavy atom. The molecule has 1 fully saturated rings. The summed E-state index contributed by atoms with van der Waals surface area (Å²) in [5, 5.41) is 3.05. The average Bonchev–Trinajstić information content (AvgIpc) is 2.75. The maximum Gasteiger partial charge on any atom is 0.238 e. The number of benzene rings is 3. The molecule has 1 unspecified atom stereocenters. The van der Waals surface area contributed by atoms with Gasteiger partial charge in [-0.05, 0) is 29.3 Å². The highest BCUT2D eigenvalue weighted by Gasteiger charge is 2.23. The van der Waals surface area contributed by atoms with Crippen molar-refractivity contribution >= 4 is 11.6 Å². The molecule has 1 saturated heterocycles. The number of nitrogens with zero attached hydrogens (tertiary/aromatic N) is 1. The zero-order valence-corrected chi connectivity index (χ0v) is 16.1. The summed E-state index contributed by atoms with van der Waals surface area (Å²) in [6.45, 7) is 2.10. The second-order valence-electron chi connectivity index (χ2n) is 7.11. The fraction of sp³-hybridized carbons (Fsp3) is 0.208. The zero-order chi connectivity index (χ0) is 20.1. The summed E-state index contributed by atoms with van der Waals surface area (Å²) in [5.74, 6) is -0.328. The van der Waals surface area contributed by atoms with Crippen molar-refractivity contribution < 1.29 is 13.9 Å². The molecule has 5 heteroatoms. The van der Waals surface area contributed by atoms with Gasteiger partial charge in [0.25, 0.3) is 0 Å². The van der Waals surface area contributed by atoms with Crippen molar-refractivity contribution in [2.75, 3.05) is 31.6 Å². The molecule has 1 heterocycles. The number of carbonyl (C=O) groups is 1. The Morgan fingerprint density at radius 2 is 1.72 bits per heavy atom. The highest BCUT2D eigenvalue weighted by atomic mass is 19.1. The molecular weight excluding hydrogens is 367 g/mol. The van der Waals surface area contributed by atoms with Gasteiger partial charge in [-0.3, -0.25) is 9.69 Å². The molecule has 1 aliphatic heterocycles. The van der Waals surface area contributed by atoms with Gasteiger partial charge in [0.1, 0.15) is 5.82 Å². The van der Waals surface area contributed by atoms with Gasteiger partial charge < -0.3 is 10.1 Å². The SMILES string of the molecule is O=C(CN1CCOC(c2ccc(F)cc2)C1)Nc1ccccc1-c1ccccc1. The largest absolute Gasteiger partial charge is 0.371 e. The first-order chi connectivity index (χ1) is 14.2. The molecule has 1 N–H and O–H groups in total. The van der Waals surface area contributed by atoms with E-state index in [0.717, 1.165) is 22.4 Å². The Labute approximate surface area is 169 Å². The summed E-state index contributed by atoms with van der Waals surface area (Å²) in [5.41, 5.74) is 3.77. The van der Waals surface area contributed by atoms with E-state index in [1.54, 1.807) is 12.1 Å². The number of carbonyl (C=O) groups excluding carboxylic acids is 1. The molecule has 0 aliphatic carbocycles. The Kier molecular flexibility index (Phi) is 5.98. The second-order valence-corrected chi connectivity index (χ2v) is 7.11. The number of para-hydroxylation sites is 1. The van der Waals surface area contributed by atoms with Crippen LogP contribution in [0.1, 0.15) is 11.7 Å². The van der Waals surface area contributed by atoms with Crippen LogP contribution in [0.2, 0.25) is 0 Å². The predicted molar refractivity (Wildman–Crippen MR) is 112 cm³/mol. The minimum absolute atomic E-state index is 0.0619. The first kappa shape index (κ1) is 19.3. The van der Waals surface area contributed by atoms with E-state index in [0.29, 0.717) is 19.7 Å². The van der Waals surface area contributed by atoms with Gasteiger partial charge in [-0.25, -0.2) is 4.39 Å². The van der Waals surface area contributed by atoms with Gasteiger partial charge in [0, 0.05) is 24.3 Å². The Balaban J connectivity index is 1.41. The Bertz CT molecular complexity index is 960. The number of nitrogens with one attached hydrogen (secondary N) is 1. The zero-order valence-electron chi connectivity index (χ0n) is 16.1. The first-order valence-electron chi connectivity index (χ1n) is 9.73. The molecule has 1 amide bonds. The van der Waals surface area contributed by atoms with Gasteiger partial charge in [0.15, 0.2) is 0 Å². The number of hydrogen-bond acceptors (Lipinski definition) is 3. The number of morpholine rings is 1. The Morgan fingerprint density at radius 1 is 1.00 bits per heavy atom. The molecule has 0 aromatic heterocycles. The molecule has 1 aliphatic rings. The minimum atomic E-state index is -0.266. The summed E-state index contributed by atoms with van der Waals surface area (Å²) < 4.78 is 19.0. The van der Waals surface area contributed by atoms with Crippen molar-refractivity contribution in [2.45, 2.75) is 6.10 Å². The number of halogens is 1. The minimum Gasteiger partial charge on any atom is -0.371 e. The van der Waals surface area contributed by atoms with Gasteiger partial charge in [0.2, 0.25) is 5.91 Å². The lowest BCUT2D eigenvalue weighted by Crippen LogP contribution is -2.42. The highest BCUT2D eigenvalue weighted by Crippen LogP contribution is 2.28. The standard InChI is InChI=1S/C24H23FN2O2/c25-20-12-10-19(11-13-20)23-16-27(14-15-29-23)17-24(28)26-22-9-5-4-8-21(22)18-6-2-1-3-7-18/h1-13,23H,14-17H2,(H,26,28). The number of anilines is 1. The van der Waals surface area contributed by atoms with Crippen molar-refractivity contribution in [2.24, 2.45) is 0 Å². The normalized spacial score (nSPS) is 17.1. The van der Waals surface area contributed by atoms with Crippen LogP contribution < -0.4 is 5.32 Å². The van der Waals surface area contributed by atoms with E-state index in [-0.39, 0.29) is 24.4 Å². The van der Waals surface area contributed by atoms with Crippen molar-refractivity contribution in [1.29, 1.82) is 0 Å². The second kappa shape index (κ2) is 8.99.